The van der Waals surface area contributed by atoms with Crippen LogP contribution in [0.3, 0.4) is 0 Å². The van der Waals surface area contributed by atoms with Gasteiger partial charge in [-0.2, -0.15) is 9.66 Å². The van der Waals surface area contributed by atoms with E-state index in [0.29, 0.717) is 5.56 Å². The van der Waals surface area contributed by atoms with E-state index in [1.54, 1.807) is 0 Å². The summed E-state index contributed by atoms with van der Waals surface area (Å²) in [5.74, 6) is 1.15. The van der Waals surface area contributed by atoms with E-state index in [1.807, 2.05) is 19.1 Å². The van der Waals surface area contributed by atoms with Crippen molar-refractivity contribution in [3.63, 3.8) is 0 Å². The summed E-state index contributed by atoms with van der Waals surface area (Å²) in [5.41, 5.74) is 6.04. The highest BCUT2D eigenvalue weighted by Gasteiger charge is 2.27. The molecule has 0 radical (unpaired) electrons. The lowest BCUT2D eigenvalue weighted by Crippen LogP contribution is -2.49. The van der Waals surface area contributed by atoms with Crippen molar-refractivity contribution in [3.8, 4) is 6.07 Å². The molecule has 1 aliphatic heterocycles. The van der Waals surface area contributed by atoms with Crippen LogP contribution in [0.2, 0.25) is 0 Å². The molecule has 5 heteroatoms. The number of aromatic amines is 1. The quantitative estimate of drug-likeness (QED) is 0.552. The van der Waals surface area contributed by atoms with E-state index in [4.69, 9.17) is 0 Å². The van der Waals surface area contributed by atoms with Crippen molar-refractivity contribution < 1.29 is 4.40 Å². The first-order chi connectivity index (χ1) is 13.8. The molecular formula is C23H22N5+. The lowest BCUT2D eigenvalue weighted by molar-refractivity contribution is -0.467. The monoisotopic (exact) mass is 368 g/mol. The van der Waals surface area contributed by atoms with Crippen LogP contribution >= 0.6 is 0 Å². The van der Waals surface area contributed by atoms with E-state index in [0.717, 1.165) is 54.2 Å². The number of H-pyrrole nitrogens is 1. The Bertz CT molecular complexity index is 1190. The molecule has 28 heavy (non-hydrogen) atoms. The number of rotatable bonds is 2. The van der Waals surface area contributed by atoms with Crippen LogP contribution < -0.4 is 14.2 Å². The molecule has 0 amide bonds. The van der Waals surface area contributed by atoms with Crippen LogP contribution in [-0.4, -0.2) is 31.2 Å². The highest BCUT2D eigenvalue weighted by atomic mass is 15.3. The summed E-state index contributed by atoms with van der Waals surface area (Å²) >= 11 is 0. The Balaban J connectivity index is 1.57. The highest BCUT2D eigenvalue weighted by Crippen LogP contribution is 2.24. The molecule has 0 spiro atoms. The third-order valence-electron chi connectivity index (χ3n) is 5.66. The smallest absolute Gasteiger partial charge is 0.250 e. The summed E-state index contributed by atoms with van der Waals surface area (Å²) in [6.07, 6.45) is 0. The molecule has 5 rings (SSSR count). The number of imidazole rings is 1. The predicted molar refractivity (Wildman–Crippen MR) is 112 cm³/mol. The number of nitrogens with zero attached hydrogens (tertiary/aromatic N) is 4. The molecule has 5 nitrogen and oxygen atoms in total. The SMILES string of the molecule is Cc1cc(N2CCN(c3ccccc3)CC2)[n+]2c([nH]c3ccccc32)c1C#N. The van der Waals surface area contributed by atoms with E-state index < -0.39 is 0 Å². The van der Waals surface area contributed by atoms with Crippen molar-refractivity contribution in [1.82, 2.24) is 4.98 Å². The number of nitriles is 1. The minimum atomic E-state index is 0.711. The van der Waals surface area contributed by atoms with Crippen LogP contribution in [0.4, 0.5) is 11.5 Å². The second-order valence-corrected chi connectivity index (χ2v) is 7.31. The molecule has 1 saturated heterocycles. The van der Waals surface area contributed by atoms with Gasteiger partial charge in [0, 0.05) is 24.8 Å². The number of hydrogen-bond donors (Lipinski definition) is 1. The first-order valence-corrected chi connectivity index (χ1v) is 9.67. The Morgan fingerprint density at radius 3 is 2.36 bits per heavy atom. The predicted octanol–water partition coefficient (Wildman–Crippen LogP) is 3.41. The summed E-state index contributed by atoms with van der Waals surface area (Å²) in [6.45, 7) is 5.87. The number of fused-ring (bicyclic) bond motifs is 3. The largest absolute Gasteiger partial charge is 0.365 e. The first kappa shape index (κ1) is 16.6. The number of nitrogens with one attached hydrogen (secondary N) is 1. The van der Waals surface area contributed by atoms with E-state index in [1.165, 1.54) is 5.69 Å². The Hall–Kier alpha value is -3.52. The number of anilines is 2. The van der Waals surface area contributed by atoms with Crippen molar-refractivity contribution >= 4 is 28.2 Å². The van der Waals surface area contributed by atoms with E-state index >= 15 is 0 Å². The van der Waals surface area contributed by atoms with Gasteiger partial charge in [-0.1, -0.05) is 30.3 Å². The number of aromatic nitrogens is 2. The lowest BCUT2D eigenvalue weighted by atomic mass is 10.1. The summed E-state index contributed by atoms with van der Waals surface area (Å²) < 4.78 is 2.21. The van der Waals surface area contributed by atoms with Gasteiger partial charge in [-0.05, 0) is 36.8 Å². The summed E-state index contributed by atoms with van der Waals surface area (Å²) in [4.78, 5) is 8.32. The van der Waals surface area contributed by atoms with Crippen LogP contribution in [0.25, 0.3) is 16.7 Å². The lowest BCUT2D eigenvalue weighted by Gasteiger charge is -2.34. The van der Waals surface area contributed by atoms with Gasteiger partial charge < -0.3 is 4.90 Å². The molecular weight excluding hydrogens is 346 g/mol. The molecule has 0 bridgehead atoms. The average Bonchev–Trinajstić information content (AvgIpc) is 3.13. The number of para-hydroxylation sites is 3. The van der Waals surface area contributed by atoms with E-state index in [-0.39, 0.29) is 0 Å². The van der Waals surface area contributed by atoms with Gasteiger partial charge >= 0.3 is 0 Å². The fourth-order valence-corrected chi connectivity index (χ4v) is 4.21. The Morgan fingerprint density at radius 1 is 0.929 bits per heavy atom. The van der Waals surface area contributed by atoms with Gasteiger partial charge in [-0.25, -0.2) is 0 Å². The van der Waals surface area contributed by atoms with Crippen molar-refractivity contribution in [1.29, 1.82) is 5.26 Å². The van der Waals surface area contributed by atoms with E-state index in [9.17, 15) is 5.26 Å². The van der Waals surface area contributed by atoms with Gasteiger partial charge in [0.1, 0.15) is 22.7 Å². The maximum atomic E-state index is 9.70. The molecule has 2 aromatic carbocycles. The molecule has 0 aliphatic carbocycles. The van der Waals surface area contributed by atoms with Crippen LogP contribution in [0.15, 0.2) is 60.7 Å². The van der Waals surface area contributed by atoms with Crippen molar-refractivity contribution in [2.75, 3.05) is 36.0 Å². The minimum Gasteiger partial charge on any atom is -0.365 e. The zero-order valence-electron chi connectivity index (χ0n) is 15.9. The third kappa shape index (κ3) is 2.57. The normalized spacial score (nSPS) is 14.6. The Kier molecular flexibility index (Phi) is 3.91. The summed E-state index contributed by atoms with van der Waals surface area (Å²) in [5, 5.41) is 9.70. The van der Waals surface area contributed by atoms with Gasteiger partial charge in [0.25, 0.3) is 0 Å². The van der Waals surface area contributed by atoms with Crippen LogP contribution in [0.1, 0.15) is 11.1 Å². The van der Waals surface area contributed by atoms with Crippen molar-refractivity contribution in [3.05, 3.63) is 71.8 Å². The molecule has 2 aromatic heterocycles. The second kappa shape index (κ2) is 6.58. The molecule has 0 saturated carbocycles. The average molecular weight is 368 g/mol. The maximum absolute atomic E-state index is 9.70. The van der Waals surface area contributed by atoms with Crippen LogP contribution in [0.5, 0.6) is 0 Å². The minimum absolute atomic E-state index is 0.711. The van der Waals surface area contributed by atoms with E-state index in [2.05, 4.69) is 73.8 Å². The topological polar surface area (TPSA) is 50.2 Å². The first-order valence-electron chi connectivity index (χ1n) is 9.67. The number of benzene rings is 2. The van der Waals surface area contributed by atoms with Gasteiger partial charge in [0.05, 0.1) is 13.1 Å². The fraction of sp³-hybridized carbons (Fsp3) is 0.217. The molecule has 0 unspecified atom stereocenters. The highest BCUT2D eigenvalue weighted by molar-refractivity contribution is 5.77. The number of hydrogen-bond acceptors (Lipinski definition) is 3. The van der Waals surface area contributed by atoms with Crippen LogP contribution in [0, 0.1) is 18.3 Å². The standard InChI is InChI=1S/C23H21N5/c1-17-15-22(27-13-11-26(12-14-27)18-7-3-2-4-8-18)28-21-10-6-5-9-20(21)25-23(28)19(17)16-24/h2-10,15H,11-14H2,1H3/p+1. The fourth-order valence-electron chi connectivity index (χ4n) is 4.21. The number of aryl methyl sites for hydroxylation is 1. The van der Waals surface area contributed by atoms with Crippen molar-refractivity contribution in [2.45, 2.75) is 6.92 Å². The van der Waals surface area contributed by atoms with Crippen LogP contribution in [-0.2, 0) is 0 Å². The maximum Gasteiger partial charge on any atom is 0.250 e. The summed E-state index contributed by atoms with van der Waals surface area (Å²) in [7, 11) is 0. The molecule has 0 atom stereocenters. The third-order valence-corrected chi connectivity index (χ3v) is 5.66. The summed E-state index contributed by atoms with van der Waals surface area (Å²) in [6, 6.07) is 23.4. The van der Waals surface area contributed by atoms with Crippen molar-refractivity contribution in [2.24, 2.45) is 0 Å². The second-order valence-electron chi connectivity index (χ2n) is 7.31. The molecule has 4 aromatic rings. The number of pyridine rings is 1. The van der Waals surface area contributed by atoms with Gasteiger partial charge in [-0.3, -0.25) is 9.88 Å². The molecule has 1 aliphatic rings. The Labute approximate surface area is 164 Å². The molecule has 1 fully saturated rings. The van der Waals surface area contributed by atoms with Gasteiger partial charge in [0.2, 0.25) is 11.5 Å². The van der Waals surface area contributed by atoms with Gasteiger partial charge in [-0.15, -0.1) is 0 Å². The molecule has 3 heterocycles. The number of piperazine rings is 1. The molecule has 138 valence electrons. The molecule has 1 N–H and O–H groups in total. The zero-order valence-corrected chi connectivity index (χ0v) is 15.9. The zero-order chi connectivity index (χ0) is 19.1. The van der Waals surface area contributed by atoms with Gasteiger partial charge in [0.15, 0.2) is 0 Å². The Morgan fingerprint density at radius 2 is 1.61 bits per heavy atom.